The molecule has 67 heavy (non-hydrogen) atoms. The third kappa shape index (κ3) is 4.63. The van der Waals surface area contributed by atoms with E-state index >= 15 is 0 Å². The zero-order valence-electron chi connectivity index (χ0n) is 35.7. The van der Waals surface area contributed by atoms with Gasteiger partial charge in [-0.1, -0.05) is 97.1 Å². The van der Waals surface area contributed by atoms with Crippen molar-refractivity contribution in [3.63, 3.8) is 0 Å². The summed E-state index contributed by atoms with van der Waals surface area (Å²) in [6.45, 7) is 0. The number of pyridine rings is 2. The maximum Gasteiger partial charge on any atom is 0.134 e. The molecule has 0 radical (unpaired) electrons. The van der Waals surface area contributed by atoms with Crippen molar-refractivity contribution in [2.45, 2.75) is 5.41 Å². The molecule has 0 N–H and O–H groups in total. The molecule has 7 nitrogen and oxygen atoms in total. The van der Waals surface area contributed by atoms with Gasteiger partial charge in [0.15, 0.2) is 0 Å². The first-order valence-corrected chi connectivity index (χ1v) is 22.5. The standard InChI is InChI=1S/C60H34N6O/c61-35-36-24-28-53-43(32-36)41-14-4-8-21-51(41)66(53)54-22-9-23-55-57(54)60(46-16-10-30-62-58(46)59-47(60)17-11-31-63-59)45-27-25-38(34-56(45)67-55)65-50-20-7-3-15-42(50)44-33-37(26-29-52(44)65)64-48-18-5-1-12-39(48)40-13-2-6-19-49(40)64/h1-34H. The van der Waals surface area contributed by atoms with Gasteiger partial charge in [0, 0.05) is 73.3 Å². The topological polar surface area (TPSA) is 73.6 Å². The Balaban J connectivity index is 0.988. The third-order valence-corrected chi connectivity index (χ3v) is 14.4. The first kappa shape index (κ1) is 36.1. The number of nitrogens with zero attached hydrogens (tertiary/aromatic N) is 6. The van der Waals surface area contributed by atoms with Crippen LogP contribution in [0.2, 0.25) is 0 Å². The molecule has 0 amide bonds. The van der Waals surface area contributed by atoms with Crippen molar-refractivity contribution in [1.29, 1.82) is 5.26 Å². The van der Waals surface area contributed by atoms with Crippen LogP contribution in [0.15, 0.2) is 207 Å². The number of hydrogen-bond acceptors (Lipinski definition) is 4. The number of rotatable bonds is 3. The maximum absolute atomic E-state index is 9.98. The van der Waals surface area contributed by atoms with Gasteiger partial charge in [-0.3, -0.25) is 9.97 Å². The molecule has 1 aliphatic heterocycles. The van der Waals surface area contributed by atoms with Crippen molar-refractivity contribution in [1.82, 2.24) is 23.7 Å². The molecule has 0 bridgehead atoms. The van der Waals surface area contributed by atoms with Crippen LogP contribution >= 0.6 is 0 Å². The lowest BCUT2D eigenvalue weighted by atomic mass is 9.65. The summed E-state index contributed by atoms with van der Waals surface area (Å²) < 4.78 is 14.4. The predicted octanol–water partition coefficient (Wildman–Crippen LogP) is 14.1. The molecular weight excluding hydrogens is 821 g/mol. The lowest BCUT2D eigenvalue weighted by Gasteiger charge is -2.40. The lowest BCUT2D eigenvalue weighted by Crippen LogP contribution is -2.33. The number of ether oxygens (including phenoxy) is 1. The van der Waals surface area contributed by atoms with Gasteiger partial charge in [-0.05, 0) is 102 Å². The summed E-state index contributed by atoms with van der Waals surface area (Å²) in [5.41, 5.74) is 15.3. The quantitative estimate of drug-likeness (QED) is 0.177. The largest absolute Gasteiger partial charge is 0.457 e. The van der Waals surface area contributed by atoms with E-state index in [1.54, 1.807) is 0 Å². The maximum atomic E-state index is 9.98. The van der Waals surface area contributed by atoms with Gasteiger partial charge in [-0.25, -0.2) is 0 Å². The molecule has 2 aliphatic rings. The Labute approximate surface area is 383 Å². The minimum Gasteiger partial charge on any atom is -0.457 e. The van der Waals surface area contributed by atoms with Gasteiger partial charge in [-0.2, -0.15) is 5.26 Å². The SMILES string of the molecule is N#Cc1ccc2c(c1)c1ccccc1n2-c1cccc2c1C1(c3ccc(-n4c5ccccc5c5cc(-n6c7ccccc7c7ccccc76)ccc54)cc3O2)c2cccnc2-c2ncccc21. The fraction of sp³-hybridized carbons (Fsp3) is 0.0167. The van der Waals surface area contributed by atoms with Crippen LogP contribution in [0.3, 0.4) is 0 Å². The van der Waals surface area contributed by atoms with Gasteiger partial charge in [0.25, 0.3) is 0 Å². The minimum absolute atomic E-state index is 0.623. The Morgan fingerprint density at radius 2 is 0.910 bits per heavy atom. The zero-order chi connectivity index (χ0) is 44.0. The highest BCUT2D eigenvalue weighted by atomic mass is 16.5. The van der Waals surface area contributed by atoms with E-state index in [1.165, 1.54) is 32.6 Å². The first-order valence-electron chi connectivity index (χ1n) is 22.5. The van der Waals surface area contributed by atoms with Crippen molar-refractivity contribution in [3.8, 4) is 46.0 Å². The Hall–Kier alpha value is -9.25. The Morgan fingerprint density at radius 3 is 1.54 bits per heavy atom. The summed E-state index contributed by atoms with van der Waals surface area (Å²) >= 11 is 0. The number of benzene rings is 8. The molecule has 1 spiro atoms. The smallest absolute Gasteiger partial charge is 0.134 e. The van der Waals surface area contributed by atoms with E-state index in [4.69, 9.17) is 14.7 Å². The Morgan fingerprint density at radius 1 is 0.403 bits per heavy atom. The molecule has 13 aromatic rings. The van der Waals surface area contributed by atoms with Crippen LogP contribution in [0, 0.1) is 11.3 Å². The van der Waals surface area contributed by atoms with E-state index in [9.17, 15) is 5.26 Å². The minimum atomic E-state index is -0.854. The molecule has 0 unspecified atom stereocenters. The molecule has 7 heteroatoms. The number of nitriles is 1. The van der Waals surface area contributed by atoms with Gasteiger partial charge in [0.2, 0.25) is 0 Å². The van der Waals surface area contributed by atoms with Crippen LogP contribution in [0.4, 0.5) is 0 Å². The fourth-order valence-corrected chi connectivity index (χ4v) is 11.8. The predicted molar refractivity (Wildman–Crippen MR) is 267 cm³/mol. The van der Waals surface area contributed by atoms with Crippen molar-refractivity contribution in [2.75, 3.05) is 0 Å². The van der Waals surface area contributed by atoms with Crippen LogP contribution in [0.25, 0.3) is 93.9 Å². The normalized spacial score (nSPS) is 13.3. The van der Waals surface area contributed by atoms with Crippen molar-refractivity contribution < 1.29 is 4.74 Å². The molecule has 310 valence electrons. The second kappa shape index (κ2) is 13.2. The number of para-hydroxylation sites is 4. The zero-order valence-corrected chi connectivity index (χ0v) is 35.7. The van der Waals surface area contributed by atoms with E-state index in [0.717, 1.165) is 95.0 Å². The highest BCUT2D eigenvalue weighted by Gasteiger charge is 2.54. The van der Waals surface area contributed by atoms with Gasteiger partial charge < -0.3 is 18.4 Å². The van der Waals surface area contributed by atoms with E-state index in [1.807, 2.05) is 36.7 Å². The second-order valence-electron chi connectivity index (χ2n) is 17.6. The van der Waals surface area contributed by atoms with E-state index in [2.05, 4.69) is 190 Å². The summed E-state index contributed by atoms with van der Waals surface area (Å²) in [5, 5.41) is 16.9. The van der Waals surface area contributed by atoms with Gasteiger partial charge >= 0.3 is 0 Å². The van der Waals surface area contributed by atoms with E-state index in [-0.39, 0.29) is 0 Å². The summed E-state index contributed by atoms with van der Waals surface area (Å²) in [6, 6.07) is 71.3. The number of fused-ring (bicyclic) bond motifs is 18. The Kier molecular flexibility index (Phi) is 7.10. The van der Waals surface area contributed by atoms with Crippen molar-refractivity contribution in [3.05, 3.63) is 234 Å². The lowest BCUT2D eigenvalue weighted by molar-refractivity contribution is 0.435. The molecule has 1 aliphatic carbocycles. The van der Waals surface area contributed by atoms with Crippen LogP contribution in [-0.2, 0) is 5.41 Å². The summed E-state index contributed by atoms with van der Waals surface area (Å²) in [7, 11) is 0. The van der Waals surface area contributed by atoms with E-state index in [0.29, 0.717) is 5.56 Å². The van der Waals surface area contributed by atoms with E-state index < -0.39 is 5.41 Å². The molecule has 5 aromatic heterocycles. The van der Waals surface area contributed by atoms with Gasteiger partial charge in [-0.15, -0.1) is 0 Å². The molecule has 8 aromatic carbocycles. The average Bonchev–Trinajstić information content (AvgIpc) is 4.10. The Bertz CT molecular complexity index is 4250. The van der Waals surface area contributed by atoms with Crippen LogP contribution in [0.5, 0.6) is 11.5 Å². The average molecular weight is 855 g/mol. The summed E-state index contributed by atoms with van der Waals surface area (Å²) in [5.74, 6) is 1.52. The summed E-state index contributed by atoms with van der Waals surface area (Å²) in [4.78, 5) is 10.1. The van der Waals surface area contributed by atoms with Crippen LogP contribution in [0.1, 0.15) is 27.8 Å². The second-order valence-corrected chi connectivity index (χ2v) is 17.6. The first-order chi connectivity index (χ1) is 33.2. The molecule has 0 atom stereocenters. The highest BCUT2D eigenvalue weighted by Crippen LogP contribution is 2.63. The van der Waals surface area contributed by atoms with Crippen molar-refractivity contribution in [2.24, 2.45) is 0 Å². The molecule has 0 saturated heterocycles. The fourth-order valence-electron chi connectivity index (χ4n) is 11.8. The number of hydrogen-bond donors (Lipinski definition) is 0. The highest BCUT2D eigenvalue weighted by molar-refractivity contribution is 6.13. The molecule has 6 heterocycles. The third-order valence-electron chi connectivity index (χ3n) is 14.4. The van der Waals surface area contributed by atoms with Crippen LogP contribution < -0.4 is 4.74 Å². The molecular formula is C60H34N6O. The molecule has 0 fully saturated rings. The van der Waals surface area contributed by atoms with Crippen molar-refractivity contribution >= 4 is 65.4 Å². The summed E-state index contributed by atoms with van der Waals surface area (Å²) in [6.07, 6.45) is 3.72. The molecule has 0 saturated carbocycles. The van der Waals surface area contributed by atoms with Crippen LogP contribution in [-0.4, -0.2) is 23.7 Å². The van der Waals surface area contributed by atoms with Gasteiger partial charge in [0.05, 0.1) is 67.2 Å². The monoisotopic (exact) mass is 854 g/mol. The van der Waals surface area contributed by atoms with Gasteiger partial charge in [0.1, 0.15) is 11.5 Å². The molecule has 15 rings (SSSR count). The number of aromatic nitrogens is 5.